The summed E-state index contributed by atoms with van der Waals surface area (Å²) in [5, 5.41) is 23.9. The van der Waals surface area contributed by atoms with Gasteiger partial charge in [0.15, 0.2) is 0 Å². The van der Waals surface area contributed by atoms with Crippen LogP contribution in [-0.2, 0) is 0 Å². The molecule has 0 bridgehead atoms. The summed E-state index contributed by atoms with van der Waals surface area (Å²) in [6.07, 6.45) is 0.945. The van der Waals surface area contributed by atoms with E-state index in [-0.39, 0.29) is 11.8 Å². The highest BCUT2D eigenvalue weighted by atomic mass is 16.4. The van der Waals surface area contributed by atoms with Crippen molar-refractivity contribution in [2.45, 2.75) is 20.3 Å². The maximum atomic E-state index is 5.39. The second kappa shape index (κ2) is 3.56. The summed E-state index contributed by atoms with van der Waals surface area (Å²) in [5.41, 5.74) is 1.51. The van der Waals surface area contributed by atoms with Crippen LogP contribution in [-0.4, -0.2) is 31.8 Å². The molecule has 0 spiro atoms. The summed E-state index contributed by atoms with van der Waals surface area (Å²) in [6, 6.07) is 0. The van der Waals surface area contributed by atoms with Crippen molar-refractivity contribution in [2.24, 2.45) is 22.0 Å². The first-order valence-electron chi connectivity index (χ1n) is 5.99. The molecule has 3 heterocycles. The van der Waals surface area contributed by atoms with Crippen molar-refractivity contribution in [1.29, 1.82) is 0 Å². The molecule has 19 heavy (non-hydrogen) atoms. The second-order valence-electron chi connectivity index (χ2n) is 4.67. The van der Waals surface area contributed by atoms with Crippen LogP contribution >= 0.6 is 0 Å². The number of nitrogens with zero attached hydrogens (tertiary/aromatic N) is 6. The summed E-state index contributed by atoms with van der Waals surface area (Å²) in [7, 11) is 0. The molecule has 1 aliphatic heterocycles. The summed E-state index contributed by atoms with van der Waals surface area (Å²) >= 11 is 0. The molecule has 0 N–H and O–H groups in total. The lowest BCUT2D eigenvalue weighted by Crippen LogP contribution is -2.16. The molecule has 8 nitrogen and oxygen atoms in total. The van der Waals surface area contributed by atoms with Gasteiger partial charge in [0.05, 0.1) is 0 Å². The van der Waals surface area contributed by atoms with Gasteiger partial charge >= 0.3 is 0 Å². The number of fused-ring (bicyclic) bond motifs is 1. The van der Waals surface area contributed by atoms with Gasteiger partial charge in [-0.2, -0.15) is 0 Å². The molecule has 0 aromatic carbocycles. The van der Waals surface area contributed by atoms with Crippen molar-refractivity contribution < 1.29 is 8.83 Å². The van der Waals surface area contributed by atoms with Crippen molar-refractivity contribution >= 4 is 11.4 Å². The van der Waals surface area contributed by atoms with Gasteiger partial charge in [-0.25, -0.2) is 0 Å². The average Bonchev–Trinajstić information content (AvgIpc) is 2.90. The Balaban J connectivity index is 1.72. The monoisotopic (exact) mass is 258 g/mol. The normalized spacial score (nSPS) is 24.7. The van der Waals surface area contributed by atoms with Crippen molar-refractivity contribution in [3.63, 3.8) is 0 Å². The SMILES string of the molecule is Cc1nnc(C2=NN=C(c3nnc(C)o3)C3CC23)o1. The van der Waals surface area contributed by atoms with E-state index in [0.29, 0.717) is 23.6 Å². The van der Waals surface area contributed by atoms with E-state index in [1.165, 1.54) is 0 Å². The van der Waals surface area contributed by atoms with Crippen molar-refractivity contribution in [3.05, 3.63) is 23.6 Å². The van der Waals surface area contributed by atoms with Crippen LogP contribution in [0.1, 0.15) is 30.0 Å². The van der Waals surface area contributed by atoms with E-state index in [9.17, 15) is 0 Å². The first-order valence-corrected chi connectivity index (χ1v) is 5.99. The Morgan fingerprint density at radius 3 is 1.63 bits per heavy atom. The van der Waals surface area contributed by atoms with Gasteiger partial charge in [-0.1, -0.05) is 0 Å². The Bertz CT molecular complexity index is 652. The molecule has 2 aromatic heterocycles. The van der Waals surface area contributed by atoms with Crippen LogP contribution in [0.5, 0.6) is 0 Å². The predicted octanol–water partition coefficient (Wildman–Crippen LogP) is 0.913. The number of hydrogen-bond donors (Lipinski definition) is 0. The molecule has 2 aromatic rings. The van der Waals surface area contributed by atoms with Crippen LogP contribution in [0.25, 0.3) is 0 Å². The number of aryl methyl sites for hydroxylation is 2. The van der Waals surface area contributed by atoms with E-state index in [2.05, 4.69) is 30.6 Å². The number of aromatic nitrogens is 4. The second-order valence-corrected chi connectivity index (χ2v) is 4.67. The van der Waals surface area contributed by atoms with Gasteiger partial charge in [0.1, 0.15) is 11.4 Å². The molecule has 2 aliphatic rings. The molecular weight excluding hydrogens is 248 g/mol. The Morgan fingerprint density at radius 2 is 1.26 bits per heavy atom. The minimum Gasteiger partial charge on any atom is -0.420 e. The standard InChI is InChI=1S/C11H10N6O2/c1-4-12-16-10(18-4)8-6-3-7(6)9(15-14-8)11-17-13-5(2)19-11/h6-7H,3H2,1-2H3. The lowest BCUT2D eigenvalue weighted by molar-refractivity contribution is 0.503. The van der Waals surface area contributed by atoms with E-state index >= 15 is 0 Å². The molecule has 0 radical (unpaired) electrons. The minimum atomic E-state index is 0.263. The molecule has 1 fully saturated rings. The fraction of sp³-hybridized carbons (Fsp3) is 0.455. The number of rotatable bonds is 2. The highest BCUT2D eigenvalue weighted by Gasteiger charge is 2.50. The lowest BCUT2D eigenvalue weighted by atomic mass is 10.1. The van der Waals surface area contributed by atoms with Crippen LogP contribution in [0.3, 0.4) is 0 Å². The summed E-state index contributed by atoms with van der Waals surface area (Å²) in [5.74, 6) is 2.48. The van der Waals surface area contributed by atoms with E-state index in [1.54, 1.807) is 13.8 Å². The fourth-order valence-corrected chi connectivity index (χ4v) is 2.26. The average molecular weight is 258 g/mol. The largest absolute Gasteiger partial charge is 0.420 e. The first-order chi connectivity index (χ1) is 9.22. The van der Waals surface area contributed by atoms with Crippen molar-refractivity contribution in [1.82, 2.24) is 20.4 Å². The third-order valence-electron chi connectivity index (χ3n) is 3.25. The third-order valence-corrected chi connectivity index (χ3v) is 3.25. The van der Waals surface area contributed by atoms with Crippen LogP contribution < -0.4 is 0 Å². The van der Waals surface area contributed by atoms with Gasteiger partial charge in [-0.15, -0.1) is 30.6 Å². The molecule has 8 heteroatoms. The van der Waals surface area contributed by atoms with Gasteiger partial charge < -0.3 is 8.83 Å². The van der Waals surface area contributed by atoms with Gasteiger partial charge in [-0.3, -0.25) is 0 Å². The molecule has 4 rings (SSSR count). The van der Waals surface area contributed by atoms with Crippen LogP contribution in [0.4, 0.5) is 0 Å². The Morgan fingerprint density at radius 1 is 0.789 bits per heavy atom. The molecule has 1 saturated carbocycles. The summed E-state index contributed by atoms with van der Waals surface area (Å²) in [6.45, 7) is 3.50. The van der Waals surface area contributed by atoms with Crippen molar-refractivity contribution in [2.75, 3.05) is 0 Å². The molecule has 1 aliphatic carbocycles. The maximum absolute atomic E-state index is 5.39. The third kappa shape index (κ3) is 1.60. The highest BCUT2D eigenvalue weighted by molar-refractivity contribution is 6.11. The molecule has 96 valence electrons. The fourth-order valence-electron chi connectivity index (χ4n) is 2.26. The maximum Gasteiger partial charge on any atom is 0.264 e. The van der Waals surface area contributed by atoms with Gasteiger partial charge in [0.25, 0.3) is 11.8 Å². The topological polar surface area (TPSA) is 103 Å². The smallest absolute Gasteiger partial charge is 0.264 e. The summed E-state index contributed by atoms with van der Waals surface area (Å²) in [4.78, 5) is 0. The van der Waals surface area contributed by atoms with Crippen LogP contribution in [0, 0.1) is 25.7 Å². The van der Waals surface area contributed by atoms with E-state index < -0.39 is 0 Å². The molecular formula is C11H10N6O2. The van der Waals surface area contributed by atoms with E-state index in [4.69, 9.17) is 8.83 Å². The Labute approximate surface area is 107 Å². The zero-order valence-electron chi connectivity index (χ0n) is 10.4. The van der Waals surface area contributed by atoms with Crippen molar-refractivity contribution in [3.8, 4) is 0 Å². The molecule has 0 amide bonds. The molecule has 0 saturated heterocycles. The predicted molar refractivity (Wildman–Crippen MR) is 62.7 cm³/mol. The van der Waals surface area contributed by atoms with Gasteiger partial charge in [0.2, 0.25) is 11.8 Å². The molecule has 2 unspecified atom stereocenters. The zero-order valence-corrected chi connectivity index (χ0v) is 10.4. The minimum absolute atomic E-state index is 0.263. The highest BCUT2D eigenvalue weighted by Crippen LogP contribution is 2.45. The van der Waals surface area contributed by atoms with Crippen LogP contribution in [0.15, 0.2) is 19.0 Å². The Kier molecular flexibility index (Phi) is 1.97. The first kappa shape index (κ1) is 10.5. The number of hydrogen-bond acceptors (Lipinski definition) is 8. The van der Waals surface area contributed by atoms with Crippen LogP contribution in [0.2, 0.25) is 0 Å². The lowest BCUT2D eigenvalue weighted by Gasteiger charge is -2.05. The quantitative estimate of drug-likeness (QED) is 0.793. The van der Waals surface area contributed by atoms with Gasteiger partial charge in [0, 0.05) is 25.7 Å². The zero-order chi connectivity index (χ0) is 13.0. The Hall–Kier alpha value is -2.38. The van der Waals surface area contributed by atoms with E-state index in [0.717, 1.165) is 17.8 Å². The molecule has 2 atom stereocenters. The van der Waals surface area contributed by atoms with Gasteiger partial charge in [-0.05, 0) is 6.42 Å². The van der Waals surface area contributed by atoms with E-state index in [1.807, 2.05) is 0 Å². The summed E-state index contributed by atoms with van der Waals surface area (Å²) < 4.78 is 10.8.